The van der Waals surface area contributed by atoms with E-state index in [9.17, 15) is 0 Å². The van der Waals surface area contributed by atoms with Crippen molar-refractivity contribution in [2.75, 3.05) is 6.61 Å². The molecular weight excluding hydrogens is 140 g/mol. The highest BCUT2D eigenvalue weighted by molar-refractivity contribution is 5.12. The van der Waals surface area contributed by atoms with Gasteiger partial charge in [0, 0.05) is 11.8 Å². The second-order valence-corrected chi connectivity index (χ2v) is 2.13. The Morgan fingerprint density at radius 2 is 2.18 bits per heavy atom. The van der Waals surface area contributed by atoms with Gasteiger partial charge in [-0.25, -0.2) is 9.97 Å². The highest BCUT2D eigenvalue weighted by Gasteiger charge is 1.95. The summed E-state index contributed by atoms with van der Waals surface area (Å²) in [5.41, 5.74) is 1.02. The monoisotopic (exact) mass is 152 g/mol. The lowest BCUT2D eigenvalue weighted by Gasteiger charge is -2.01. The van der Waals surface area contributed by atoms with Crippen LogP contribution in [0.1, 0.15) is 19.5 Å². The minimum Gasteiger partial charge on any atom is -0.478 e. The summed E-state index contributed by atoms with van der Waals surface area (Å²) in [5, 5.41) is 0. The maximum absolute atomic E-state index is 5.20. The van der Waals surface area contributed by atoms with Crippen molar-refractivity contribution in [2.24, 2.45) is 0 Å². The summed E-state index contributed by atoms with van der Waals surface area (Å²) in [5.74, 6) is 0.666. The van der Waals surface area contributed by atoms with Gasteiger partial charge in [0.1, 0.15) is 6.33 Å². The smallest absolute Gasteiger partial charge is 0.216 e. The Labute approximate surface area is 66.4 Å². The Bertz CT molecular complexity index is 225. The van der Waals surface area contributed by atoms with Crippen LogP contribution < -0.4 is 4.74 Å². The number of hydrogen-bond acceptors (Lipinski definition) is 3. The molecule has 0 bridgehead atoms. The summed E-state index contributed by atoms with van der Waals surface area (Å²) >= 11 is 0. The molecule has 60 valence electrons. The number of hydrogen-bond donors (Lipinski definition) is 0. The normalized spacial score (nSPS) is 9.64. The molecule has 0 aliphatic rings. The van der Waals surface area contributed by atoms with Crippen LogP contribution in [-0.2, 0) is 6.42 Å². The van der Waals surface area contributed by atoms with Crippen molar-refractivity contribution in [2.45, 2.75) is 20.3 Å². The Morgan fingerprint density at radius 1 is 1.36 bits per heavy atom. The molecule has 0 aliphatic carbocycles. The Balaban J connectivity index is 2.74. The quantitative estimate of drug-likeness (QED) is 0.657. The molecule has 0 N–H and O–H groups in total. The standard InChI is InChI=1S/C8H12N2O/c1-3-7-5-8(11-4-2)10-6-9-7/h5-6H,3-4H2,1-2H3. The molecule has 0 fully saturated rings. The minimum atomic E-state index is 0.653. The maximum Gasteiger partial charge on any atom is 0.216 e. The summed E-state index contributed by atoms with van der Waals surface area (Å²) in [6.07, 6.45) is 2.45. The predicted octanol–water partition coefficient (Wildman–Crippen LogP) is 1.44. The molecule has 0 radical (unpaired) electrons. The van der Waals surface area contributed by atoms with E-state index in [0.717, 1.165) is 12.1 Å². The third-order valence-electron chi connectivity index (χ3n) is 1.35. The third-order valence-corrected chi connectivity index (χ3v) is 1.35. The van der Waals surface area contributed by atoms with Crippen LogP contribution >= 0.6 is 0 Å². The zero-order chi connectivity index (χ0) is 8.10. The molecule has 0 aliphatic heterocycles. The SMILES string of the molecule is CCOc1cc(CC)ncn1. The fourth-order valence-electron chi connectivity index (χ4n) is 0.797. The molecule has 1 aromatic heterocycles. The number of aryl methyl sites for hydroxylation is 1. The van der Waals surface area contributed by atoms with Crippen LogP contribution in [0.2, 0.25) is 0 Å². The van der Waals surface area contributed by atoms with Crippen LogP contribution in [0.3, 0.4) is 0 Å². The molecule has 1 rings (SSSR count). The second-order valence-electron chi connectivity index (χ2n) is 2.13. The summed E-state index contributed by atoms with van der Waals surface area (Å²) < 4.78 is 5.20. The first-order valence-electron chi connectivity index (χ1n) is 3.80. The topological polar surface area (TPSA) is 35.0 Å². The molecular formula is C8H12N2O. The molecule has 1 heterocycles. The van der Waals surface area contributed by atoms with Gasteiger partial charge >= 0.3 is 0 Å². The largest absolute Gasteiger partial charge is 0.478 e. The lowest BCUT2D eigenvalue weighted by Crippen LogP contribution is -1.96. The Kier molecular flexibility index (Phi) is 2.83. The summed E-state index contributed by atoms with van der Waals surface area (Å²) in [6, 6.07) is 1.86. The highest BCUT2D eigenvalue weighted by atomic mass is 16.5. The van der Waals surface area contributed by atoms with E-state index in [0.29, 0.717) is 12.5 Å². The van der Waals surface area contributed by atoms with Gasteiger partial charge in [0.2, 0.25) is 5.88 Å². The molecule has 0 aromatic carbocycles. The van der Waals surface area contributed by atoms with Crippen LogP contribution in [0.5, 0.6) is 5.88 Å². The van der Waals surface area contributed by atoms with E-state index < -0.39 is 0 Å². The van der Waals surface area contributed by atoms with E-state index in [1.54, 1.807) is 0 Å². The van der Waals surface area contributed by atoms with Gasteiger partial charge in [-0.1, -0.05) is 6.92 Å². The summed E-state index contributed by atoms with van der Waals surface area (Å²) in [4.78, 5) is 7.99. The molecule has 11 heavy (non-hydrogen) atoms. The molecule has 0 atom stereocenters. The van der Waals surface area contributed by atoms with Crippen molar-refractivity contribution >= 4 is 0 Å². The van der Waals surface area contributed by atoms with Gasteiger partial charge in [0.25, 0.3) is 0 Å². The highest BCUT2D eigenvalue weighted by Crippen LogP contribution is 2.06. The first-order chi connectivity index (χ1) is 5.36. The molecule has 0 saturated heterocycles. The fourth-order valence-corrected chi connectivity index (χ4v) is 0.797. The zero-order valence-corrected chi connectivity index (χ0v) is 6.87. The lowest BCUT2D eigenvalue weighted by molar-refractivity contribution is 0.325. The first-order valence-corrected chi connectivity index (χ1v) is 3.80. The van der Waals surface area contributed by atoms with E-state index in [1.165, 1.54) is 6.33 Å². The summed E-state index contributed by atoms with van der Waals surface area (Å²) in [7, 11) is 0. The molecule has 3 heteroatoms. The molecule has 0 spiro atoms. The van der Waals surface area contributed by atoms with E-state index >= 15 is 0 Å². The molecule has 1 aromatic rings. The van der Waals surface area contributed by atoms with Gasteiger partial charge in [-0.05, 0) is 13.3 Å². The van der Waals surface area contributed by atoms with Gasteiger partial charge in [0.05, 0.1) is 6.61 Å². The minimum absolute atomic E-state index is 0.653. The second kappa shape index (κ2) is 3.91. The maximum atomic E-state index is 5.20. The van der Waals surface area contributed by atoms with Gasteiger partial charge in [-0.15, -0.1) is 0 Å². The molecule has 0 unspecified atom stereocenters. The van der Waals surface area contributed by atoms with Crippen molar-refractivity contribution in [3.63, 3.8) is 0 Å². The van der Waals surface area contributed by atoms with Crippen molar-refractivity contribution in [3.8, 4) is 5.88 Å². The van der Waals surface area contributed by atoms with E-state index in [-0.39, 0.29) is 0 Å². The number of rotatable bonds is 3. The number of aromatic nitrogens is 2. The Morgan fingerprint density at radius 3 is 2.82 bits per heavy atom. The number of ether oxygens (including phenoxy) is 1. The molecule has 0 saturated carbocycles. The van der Waals surface area contributed by atoms with Crippen molar-refractivity contribution in [1.82, 2.24) is 9.97 Å². The summed E-state index contributed by atoms with van der Waals surface area (Å²) in [6.45, 7) is 4.64. The van der Waals surface area contributed by atoms with E-state index in [1.807, 2.05) is 13.0 Å². The number of nitrogens with zero attached hydrogens (tertiary/aromatic N) is 2. The van der Waals surface area contributed by atoms with Crippen LogP contribution in [0.4, 0.5) is 0 Å². The van der Waals surface area contributed by atoms with Gasteiger partial charge < -0.3 is 4.74 Å². The van der Waals surface area contributed by atoms with Gasteiger partial charge in [-0.2, -0.15) is 0 Å². The predicted molar refractivity (Wildman–Crippen MR) is 42.6 cm³/mol. The van der Waals surface area contributed by atoms with E-state index in [2.05, 4.69) is 16.9 Å². The van der Waals surface area contributed by atoms with Crippen molar-refractivity contribution in [1.29, 1.82) is 0 Å². The van der Waals surface area contributed by atoms with Crippen LogP contribution in [-0.4, -0.2) is 16.6 Å². The molecule has 3 nitrogen and oxygen atoms in total. The van der Waals surface area contributed by atoms with Crippen LogP contribution in [0.25, 0.3) is 0 Å². The van der Waals surface area contributed by atoms with Crippen LogP contribution in [0.15, 0.2) is 12.4 Å². The average Bonchev–Trinajstić information content (AvgIpc) is 2.06. The molecule has 0 amide bonds. The van der Waals surface area contributed by atoms with Crippen LogP contribution in [0, 0.1) is 0 Å². The van der Waals surface area contributed by atoms with Gasteiger partial charge in [0.15, 0.2) is 0 Å². The Hall–Kier alpha value is -1.12. The van der Waals surface area contributed by atoms with Crippen molar-refractivity contribution < 1.29 is 4.74 Å². The zero-order valence-electron chi connectivity index (χ0n) is 6.87. The third kappa shape index (κ3) is 2.18. The lowest BCUT2D eigenvalue weighted by atomic mass is 10.3. The van der Waals surface area contributed by atoms with E-state index in [4.69, 9.17) is 4.74 Å². The van der Waals surface area contributed by atoms with Crippen molar-refractivity contribution in [3.05, 3.63) is 18.1 Å². The average molecular weight is 152 g/mol. The fraction of sp³-hybridized carbons (Fsp3) is 0.500. The first kappa shape index (κ1) is 7.98. The van der Waals surface area contributed by atoms with Gasteiger partial charge in [-0.3, -0.25) is 0 Å².